The third-order valence-electron chi connectivity index (χ3n) is 9.41. The Labute approximate surface area is 304 Å². The van der Waals surface area contributed by atoms with Gasteiger partial charge in [-0.2, -0.15) is 13.2 Å². The summed E-state index contributed by atoms with van der Waals surface area (Å²) in [5.41, 5.74) is 1.39. The van der Waals surface area contributed by atoms with E-state index in [1.165, 1.54) is 0 Å². The number of benzene rings is 2. The number of fused-ring (bicyclic) bond motifs is 1. The number of methoxy groups -OCH3 is 1. The molecule has 2 fully saturated rings. The first-order valence-corrected chi connectivity index (χ1v) is 16.1. The van der Waals surface area contributed by atoms with Crippen molar-refractivity contribution < 1.29 is 66.5 Å². The van der Waals surface area contributed by atoms with Crippen molar-refractivity contribution in [1.29, 1.82) is 0 Å². The predicted molar refractivity (Wildman–Crippen MR) is 171 cm³/mol. The molecule has 1 aliphatic heterocycles. The Bertz CT molecular complexity index is 1760. The smallest absolute Gasteiger partial charge is 0.550 e. The summed E-state index contributed by atoms with van der Waals surface area (Å²) in [6.07, 6.45) is -0.0419. The molecule has 2 aliphatic rings. The number of imidazole rings is 1. The van der Waals surface area contributed by atoms with Gasteiger partial charge in [0.1, 0.15) is 29.0 Å². The van der Waals surface area contributed by atoms with E-state index >= 15 is 0 Å². The Morgan fingerprint density at radius 2 is 1.80 bits per heavy atom. The Balaban J connectivity index is 0.00000468. The van der Waals surface area contributed by atoms with Crippen LogP contribution >= 0.6 is 0 Å². The minimum Gasteiger partial charge on any atom is -0.550 e. The largest absolute Gasteiger partial charge is 1.00 e. The number of aliphatic carboxylic acids is 1. The zero-order valence-corrected chi connectivity index (χ0v) is 29.9. The first-order valence-electron chi connectivity index (χ1n) is 16.1. The number of rotatable bonds is 12. The second-order valence-corrected chi connectivity index (χ2v) is 13.0. The van der Waals surface area contributed by atoms with Crippen LogP contribution < -0.4 is 44.3 Å². The van der Waals surface area contributed by atoms with Crippen molar-refractivity contribution in [2.45, 2.75) is 50.8 Å². The van der Waals surface area contributed by atoms with Gasteiger partial charge in [0.2, 0.25) is 0 Å². The summed E-state index contributed by atoms with van der Waals surface area (Å²) in [6, 6.07) is 11.6. The number of piperidine rings is 1. The number of carboxylic acid groups (broad SMARTS) is 1. The van der Waals surface area contributed by atoms with E-state index in [0.717, 1.165) is 62.9 Å². The van der Waals surface area contributed by atoms with Gasteiger partial charge in [-0.1, -0.05) is 6.42 Å². The number of ether oxygens (including phenoxy) is 2. The van der Waals surface area contributed by atoms with Crippen LogP contribution in [0.4, 0.5) is 23.2 Å². The topological polar surface area (TPSA) is 107 Å². The molecule has 0 atom stereocenters. The van der Waals surface area contributed by atoms with Gasteiger partial charge in [0.25, 0.3) is 0 Å². The number of aromatic nitrogens is 3. The van der Waals surface area contributed by atoms with E-state index in [0.29, 0.717) is 54.2 Å². The molecule has 1 saturated carbocycles. The first-order chi connectivity index (χ1) is 22.9. The summed E-state index contributed by atoms with van der Waals surface area (Å²) in [5, 5.41) is 10.8. The number of H-pyrrole nitrogens is 1. The molecular formula is C35H38F4N5NaO4. The average molecular weight is 692 g/mol. The zero-order chi connectivity index (χ0) is 34.1. The van der Waals surface area contributed by atoms with Gasteiger partial charge < -0.3 is 34.2 Å². The molecule has 0 bridgehead atoms. The maximum Gasteiger partial charge on any atom is 1.00 e. The molecule has 256 valence electrons. The SMILES string of the molecule is COCC1(CN(C)c2cc(-c3cc(F)cc(C(F)(F)F)c3)nc3nc(-c4ccc(OC5CCN(CCC(=O)[O-])CC5)cc4)[nH]c23)CCC1.[Na+]. The Kier molecular flexibility index (Phi) is 11.6. The van der Waals surface area contributed by atoms with Crippen molar-refractivity contribution in [3.8, 4) is 28.4 Å². The second kappa shape index (κ2) is 15.3. The van der Waals surface area contributed by atoms with Crippen molar-refractivity contribution in [2.24, 2.45) is 5.41 Å². The van der Waals surface area contributed by atoms with E-state index in [-0.39, 0.29) is 58.8 Å². The van der Waals surface area contributed by atoms with Crippen LogP contribution in [0, 0.1) is 11.2 Å². The maximum atomic E-state index is 14.5. The second-order valence-electron chi connectivity index (χ2n) is 13.0. The molecule has 1 N–H and O–H groups in total. The van der Waals surface area contributed by atoms with Gasteiger partial charge in [-0.15, -0.1) is 0 Å². The van der Waals surface area contributed by atoms with Crippen LogP contribution in [0.25, 0.3) is 33.8 Å². The number of pyridine rings is 1. The van der Waals surface area contributed by atoms with Crippen LogP contribution in [-0.4, -0.2) is 78.9 Å². The molecule has 4 aromatic rings. The van der Waals surface area contributed by atoms with Crippen LogP contribution in [0.5, 0.6) is 5.75 Å². The molecular weight excluding hydrogens is 653 g/mol. The van der Waals surface area contributed by atoms with Gasteiger partial charge in [-0.05, 0) is 80.6 Å². The number of carboxylic acids is 1. The number of nitrogens with one attached hydrogen (secondary N) is 1. The number of halogens is 4. The molecule has 9 nitrogen and oxygen atoms in total. The van der Waals surface area contributed by atoms with Gasteiger partial charge in [-0.3, -0.25) is 0 Å². The summed E-state index contributed by atoms with van der Waals surface area (Å²) < 4.78 is 66.9. The number of carbonyl (C=O) groups is 1. The van der Waals surface area contributed by atoms with Crippen LogP contribution in [0.3, 0.4) is 0 Å². The number of carbonyl (C=O) groups excluding carboxylic acids is 1. The predicted octanol–water partition coefficient (Wildman–Crippen LogP) is 2.69. The number of nitrogens with zero attached hydrogens (tertiary/aromatic N) is 4. The molecule has 3 heterocycles. The number of hydrogen-bond acceptors (Lipinski definition) is 8. The van der Waals surface area contributed by atoms with Crippen molar-refractivity contribution in [1.82, 2.24) is 19.9 Å². The fourth-order valence-electron chi connectivity index (χ4n) is 6.76. The molecule has 0 amide bonds. The molecule has 1 aliphatic carbocycles. The summed E-state index contributed by atoms with van der Waals surface area (Å²) >= 11 is 0. The Hall–Kier alpha value is -3.23. The molecule has 0 spiro atoms. The average Bonchev–Trinajstić information content (AvgIpc) is 3.47. The van der Waals surface area contributed by atoms with Gasteiger partial charge in [-0.25, -0.2) is 14.4 Å². The Morgan fingerprint density at radius 3 is 2.41 bits per heavy atom. The quantitative estimate of drug-likeness (QED) is 0.179. The number of alkyl halides is 3. The molecule has 1 saturated heterocycles. The first kappa shape index (κ1) is 37.0. The summed E-state index contributed by atoms with van der Waals surface area (Å²) in [6.45, 7) is 3.20. The normalized spacial score (nSPS) is 16.6. The fraction of sp³-hybridized carbons (Fsp3) is 0.457. The summed E-state index contributed by atoms with van der Waals surface area (Å²) in [7, 11) is 3.59. The molecule has 0 unspecified atom stereocenters. The number of anilines is 1. The van der Waals surface area contributed by atoms with Crippen LogP contribution in [0.15, 0.2) is 48.5 Å². The van der Waals surface area contributed by atoms with Gasteiger partial charge in [0.15, 0.2) is 5.65 Å². The third-order valence-corrected chi connectivity index (χ3v) is 9.41. The minimum atomic E-state index is -4.72. The summed E-state index contributed by atoms with van der Waals surface area (Å²) in [5.74, 6) is -0.842. The van der Waals surface area contributed by atoms with Crippen LogP contribution in [0.2, 0.25) is 0 Å². The minimum absolute atomic E-state index is 0. The standard InChI is InChI=1S/C35H39F4N5O4.Na/c1-43(20-34(21-47-2)11-3-12-34)29-19-28(23-16-24(35(37,38)39)18-25(36)17-23)40-33-31(29)41-32(42-33)22-4-6-26(7-5-22)48-27-8-13-44(14-9-27)15-10-30(45)46;/h4-7,16-19,27H,3,8-15,20-21H2,1-2H3,(H,45,46)(H,40,41,42);/q;+1/p-1. The molecule has 6 rings (SSSR count). The zero-order valence-electron chi connectivity index (χ0n) is 27.9. The van der Waals surface area contributed by atoms with E-state index in [1.807, 2.05) is 36.2 Å². The van der Waals surface area contributed by atoms with Crippen molar-refractivity contribution in [2.75, 3.05) is 51.8 Å². The van der Waals surface area contributed by atoms with Gasteiger partial charge in [0, 0.05) is 62.8 Å². The van der Waals surface area contributed by atoms with Crippen LogP contribution in [-0.2, 0) is 15.7 Å². The fourth-order valence-corrected chi connectivity index (χ4v) is 6.76. The molecule has 49 heavy (non-hydrogen) atoms. The molecule has 14 heteroatoms. The number of hydrogen-bond donors (Lipinski definition) is 1. The maximum absolute atomic E-state index is 14.5. The van der Waals surface area contributed by atoms with E-state index in [4.69, 9.17) is 14.5 Å². The van der Waals surface area contributed by atoms with Crippen molar-refractivity contribution in [3.63, 3.8) is 0 Å². The van der Waals surface area contributed by atoms with Gasteiger partial charge in [0.05, 0.1) is 23.6 Å². The molecule has 2 aromatic heterocycles. The van der Waals surface area contributed by atoms with E-state index in [9.17, 15) is 27.5 Å². The van der Waals surface area contributed by atoms with E-state index in [1.54, 1.807) is 13.2 Å². The monoisotopic (exact) mass is 691 g/mol. The van der Waals surface area contributed by atoms with Crippen molar-refractivity contribution in [3.05, 3.63) is 59.9 Å². The van der Waals surface area contributed by atoms with E-state index < -0.39 is 23.5 Å². The molecule has 2 aromatic carbocycles. The molecule has 0 radical (unpaired) electrons. The van der Waals surface area contributed by atoms with Crippen molar-refractivity contribution >= 4 is 22.8 Å². The van der Waals surface area contributed by atoms with Crippen LogP contribution in [0.1, 0.15) is 44.1 Å². The number of likely N-dealkylation sites (tertiary alicyclic amines) is 1. The summed E-state index contributed by atoms with van der Waals surface area (Å²) in [4.78, 5) is 27.6. The van der Waals surface area contributed by atoms with E-state index in [2.05, 4.69) is 14.9 Å². The van der Waals surface area contributed by atoms with Gasteiger partial charge >= 0.3 is 35.7 Å². The Morgan fingerprint density at radius 1 is 1.08 bits per heavy atom. The third kappa shape index (κ3) is 8.75. The number of aromatic amines is 1.